The summed E-state index contributed by atoms with van der Waals surface area (Å²) in [6, 6.07) is 15.5. The van der Waals surface area contributed by atoms with Gasteiger partial charge in [0.1, 0.15) is 0 Å². The van der Waals surface area contributed by atoms with Crippen LogP contribution >= 0.6 is 23.2 Å². The lowest BCUT2D eigenvalue weighted by atomic mass is 10.1. The third-order valence-electron chi connectivity index (χ3n) is 4.11. The summed E-state index contributed by atoms with van der Waals surface area (Å²) in [5.41, 5.74) is 0.903. The van der Waals surface area contributed by atoms with E-state index in [1.54, 1.807) is 18.2 Å². The number of anilines is 2. The second-order valence-corrected chi connectivity index (χ2v) is 8.91. The molecule has 0 spiro atoms. The summed E-state index contributed by atoms with van der Waals surface area (Å²) in [6.07, 6.45) is 0.0608. The largest absolute Gasteiger partial charge is 0.588 e. The molecule has 0 saturated carbocycles. The number of sulfonamides is 1. The molecule has 11 heteroatoms. The molecule has 0 heterocycles. The zero-order chi connectivity index (χ0) is 22.6. The highest BCUT2D eigenvalue weighted by atomic mass is 35.5. The molecular formula is C20H15Cl2N3O5S. The number of non-ortho nitro benzene ring substituents is 1. The van der Waals surface area contributed by atoms with Gasteiger partial charge in [0.25, 0.3) is 5.69 Å². The van der Waals surface area contributed by atoms with Gasteiger partial charge in [0.15, 0.2) is 15.3 Å². The van der Waals surface area contributed by atoms with E-state index in [0.717, 1.165) is 6.07 Å². The van der Waals surface area contributed by atoms with E-state index in [4.69, 9.17) is 23.2 Å². The molecule has 0 aliphatic heterocycles. The van der Waals surface area contributed by atoms with Gasteiger partial charge in [-0.2, -0.15) is 0 Å². The Morgan fingerprint density at radius 2 is 1.68 bits per heavy atom. The molecule has 0 aliphatic carbocycles. The molecule has 1 atom stereocenters. The number of carbonyl (C=O) groups excluding carboxylic acids is 1. The Hall–Kier alpha value is -2.98. The van der Waals surface area contributed by atoms with Gasteiger partial charge in [0.05, 0.1) is 27.1 Å². The van der Waals surface area contributed by atoms with Gasteiger partial charge in [-0.3, -0.25) is 14.9 Å². The van der Waals surface area contributed by atoms with Crippen LogP contribution in [0.15, 0.2) is 71.6 Å². The fourth-order valence-electron chi connectivity index (χ4n) is 2.65. The maximum absolute atomic E-state index is 12.5. The first-order valence-electron chi connectivity index (χ1n) is 8.75. The van der Waals surface area contributed by atoms with E-state index in [9.17, 15) is 23.7 Å². The Bertz CT molecular complexity index is 1190. The number of nitrogens with zero attached hydrogens (tertiary/aromatic N) is 1. The number of halogens is 2. The number of rotatable bonds is 7. The minimum absolute atomic E-state index is 0.0608. The predicted molar refractivity (Wildman–Crippen MR) is 119 cm³/mol. The lowest BCUT2D eigenvalue weighted by Gasteiger charge is -2.16. The summed E-state index contributed by atoms with van der Waals surface area (Å²) in [4.78, 5) is 22.4. The van der Waals surface area contributed by atoms with Gasteiger partial charge in [-0.15, -0.1) is 0 Å². The van der Waals surface area contributed by atoms with E-state index in [0.29, 0.717) is 21.3 Å². The van der Waals surface area contributed by atoms with Crippen molar-refractivity contribution in [2.24, 2.45) is 0 Å². The highest BCUT2D eigenvalue weighted by Gasteiger charge is 2.21. The highest BCUT2D eigenvalue weighted by molar-refractivity contribution is 7.98. The lowest BCUT2D eigenvalue weighted by Crippen LogP contribution is -2.21. The summed E-state index contributed by atoms with van der Waals surface area (Å²) in [6.45, 7) is 0. The van der Waals surface area contributed by atoms with Crippen molar-refractivity contribution in [3.05, 3.63) is 92.5 Å². The molecule has 3 aromatic rings. The summed E-state index contributed by atoms with van der Waals surface area (Å²) in [5.74, 6) is -0.316. The number of benzene rings is 3. The Morgan fingerprint density at radius 1 is 0.968 bits per heavy atom. The normalized spacial score (nSPS) is 12.6. The maximum atomic E-state index is 12.5. The monoisotopic (exact) mass is 479 g/mol. The van der Waals surface area contributed by atoms with Crippen molar-refractivity contribution in [2.45, 2.75) is 11.3 Å². The van der Waals surface area contributed by atoms with Crippen LogP contribution in [0, 0.1) is 10.1 Å². The number of nitro groups is 1. The van der Waals surface area contributed by atoms with Gasteiger partial charge in [0.2, 0.25) is 5.91 Å². The number of carbonyl (C=O) groups is 1. The molecule has 0 fully saturated rings. The van der Waals surface area contributed by atoms with Crippen LogP contribution in [-0.4, -0.2) is 15.4 Å². The fourth-order valence-corrected chi connectivity index (χ4v) is 4.02. The number of hydrogen-bond acceptors (Lipinski definition) is 5. The fraction of sp³-hybridized carbons (Fsp3) is 0.0500. The quantitative estimate of drug-likeness (QED) is 0.277. The molecule has 3 rings (SSSR count). The summed E-state index contributed by atoms with van der Waals surface area (Å²) in [7, 11) is -3.97. The second kappa shape index (κ2) is 9.44. The molecule has 0 saturated heterocycles. The van der Waals surface area contributed by atoms with Gasteiger partial charge in [-0.05, 0) is 48.0 Å². The minimum atomic E-state index is -3.97. The first-order valence-corrected chi connectivity index (χ1v) is 11.0. The van der Waals surface area contributed by atoms with E-state index >= 15 is 0 Å². The summed E-state index contributed by atoms with van der Waals surface area (Å²) < 4.78 is 27.3. The molecule has 0 bridgehead atoms. The SMILES string of the molecule is O=C(Cc1ccc(Cl)c(Cl)c1)Nc1ccc([S+](=O)([O-])Nc2cccc([N+](=O)[O-])c2)cc1. The number of nitrogens with one attached hydrogen (secondary N) is 2. The van der Waals surface area contributed by atoms with E-state index in [1.807, 2.05) is 0 Å². The highest BCUT2D eigenvalue weighted by Crippen LogP contribution is 2.25. The zero-order valence-electron chi connectivity index (χ0n) is 15.7. The van der Waals surface area contributed by atoms with Gasteiger partial charge in [0, 0.05) is 17.8 Å². The van der Waals surface area contributed by atoms with E-state index in [2.05, 4.69) is 10.0 Å². The minimum Gasteiger partial charge on any atom is -0.588 e. The first-order chi connectivity index (χ1) is 14.6. The van der Waals surface area contributed by atoms with Gasteiger partial charge < -0.3 is 9.87 Å². The molecule has 1 amide bonds. The first kappa shape index (κ1) is 22.7. The van der Waals surface area contributed by atoms with Crippen molar-refractivity contribution in [1.29, 1.82) is 0 Å². The predicted octanol–water partition coefficient (Wildman–Crippen LogP) is 5.10. The van der Waals surface area contributed by atoms with Crippen LogP contribution in [0.1, 0.15) is 5.56 Å². The topological polar surface area (TPSA) is 124 Å². The van der Waals surface area contributed by atoms with E-state index in [1.165, 1.54) is 42.5 Å². The van der Waals surface area contributed by atoms with Crippen molar-refractivity contribution in [3.8, 4) is 0 Å². The average Bonchev–Trinajstić information content (AvgIpc) is 2.71. The van der Waals surface area contributed by atoms with Gasteiger partial charge in [-0.1, -0.05) is 39.5 Å². The molecule has 1 unspecified atom stereocenters. The van der Waals surface area contributed by atoms with Crippen molar-refractivity contribution >= 4 is 56.6 Å². The van der Waals surface area contributed by atoms with Crippen molar-refractivity contribution in [3.63, 3.8) is 0 Å². The van der Waals surface area contributed by atoms with Crippen LogP contribution < -0.4 is 10.0 Å². The number of hydrogen-bond donors (Lipinski definition) is 2. The van der Waals surface area contributed by atoms with Crippen LogP contribution in [-0.2, 0) is 25.8 Å². The molecule has 0 radical (unpaired) electrons. The molecule has 0 aliphatic rings. The average molecular weight is 480 g/mol. The van der Waals surface area contributed by atoms with Gasteiger partial charge >= 0.3 is 0 Å². The third kappa shape index (κ3) is 6.02. The third-order valence-corrected chi connectivity index (χ3v) is 6.24. The lowest BCUT2D eigenvalue weighted by molar-refractivity contribution is -0.384. The smallest absolute Gasteiger partial charge is 0.271 e. The standard InChI is InChI=1S/C20H15Cl2N3O5S/c21-18-9-4-13(10-19(18)22)11-20(26)23-14-5-7-17(8-6-14)31(29,30)24-15-2-1-3-16(12-15)25(27)28/h1-10,12H,11H2,(H2-,23,24,26,29,30). The van der Waals surface area contributed by atoms with Crippen LogP contribution in [0.25, 0.3) is 0 Å². The van der Waals surface area contributed by atoms with Crippen molar-refractivity contribution in [1.82, 2.24) is 0 Å². The number of nitro benzene ring substituents is 1. The van der Waals surface area contributed by atoms with E-state index < -0.39 is 15.3 Å². The summed E-state index contributed by atoms with van der Waals surface area (Å²) in [5, 5.41) is 14.2. The molecule has 31 heavy (non-hydrogen) atoms. The molecular weight excluding hydrogens is 465 g/mol. The second-order valence-electron chi connectivity index (χ2n) is 6.41. The molecule has 8 nitrogen and oxygen atoms in total. The van der Waals surface area contributed by atoms with E-state index in [-0.39, 0.29) is 28.6 Å². The van der Waals surface area contributed by atoms with Crippen LogP contribution in [0.5, 0.6) is 0 Å². The zero-order valence-corrected chi connectivity index (χ0v) is 18.0. The van der Waals surface area contributed by atoms with Crippen LogP contribution in [0.3, 0.4) is 0 Å². The summed E-state index contributed by atoms with van der Waals surface area (Å²) >= 11 is 11.8. The maximum Gasteiger partial charge on any atom is 0.271 e. The molecule has 0 aromatic heterocycles. The Morgan fingerprint density at radius 3 is 2.32 bits per heavy atom. The van der Waals surface area contributed by atoms with Crippen LogP contribution in [0.4, 0.5) is 17.1 Å². The number of amides is 1. The Labute approximate surface area is 188 Å². The van der Waals surface area contributed by atoms with Gasteiger partial charge in [-0.25, -0.2) is 4.72 Å². The Balaban J connectivity index is 1.66. The molecule has 3 aromatic carbocycles. The van der Waals surface area contributed by atoms with Crippen LogP contribution in [0.2, 0.25) is 10.0 Å². The van der Waals surface area contributed by atoms with Crippen molar-refractivity contribution < 1.29 is 18.5 Å². The Kier molecular flexibility index (Phi) is 6.91. The molecule has 2 N–H and O–H groups in total. The molecule has 160 valence electrons. The van der Waals surface area contributed by atoms with Crippen molar-refractivity contribution in [2.75, 3.05) is 10.0 Å².